The van der Waals surface area contributed by atoms with Gasteiger partial charge in [-0.15, -0.1) is 0 Å². The summed E-state index contributed by atoms with van der Waals surface area (Å²) in [5.41, 5.74) is 7.10. The highest BCUT2D eigenvalue weighted by Gasteiger charge is 2.09. The second-order valence-corrected chi connectivity index (χ2v) is 4.67. The van der Waals surface area contributed by atoms with Crippen LogP contribution >= 0.6 is 23.2 Å². The van der Waals surface area contributed by atoms with Gasteiger partial charge in [-0.25, -0.2) is 0 Å². The highest BCUT2D eigenvalue weighted by atomic mass is 35.5. The van der Waals surface area contributed by atoms with Gasteiger partial charge in [-0.2, -0.15) is 0 Å². The zero-order valence-corrected chi connectivity index (χ0v) is 9.94. The van der Waals surface area contributed by atoms with Crippen LogP contribution in [0.1, 0.15) is 19.4 Å². The third-order valence-electron chi connectivity index (χ3n) is 2.31. The third-order valence-corrected chi connectivity index (χ3v) is 3.05. The maximum atomic E-state index is 5.96. The predicted octanol–water partition coefficient (Wildman–Crippen LogP) is 3.52. The topological polar surface area (TPSA) is 26.0 Å². The zero-order valence-electron chi connectivity index (χ0n) is 8.43. The number of hydrogen-bond donors (Lipinski definition) is 1. The first kappa shape index (κ1) is 11.8. The molecule has 0 fully saturated rings. The van der Waals surface area contributed by atoms with Gasteiger partial charge in [0, 0.05) is 6.04 Å². The fraction of sp³-hybridized carbons (Fsp3) is 0.455. The van der Waals surface area contributed by atoms with E-state index in [1.54, 1.807) is 0 Å². The second kappa shape index (κ2) is 5.01. The van der Waals surface area contributed by atoms with E-state index in [0.717, 1.165) is 12.0 Å². The van der Waals surface area contributed by atoms with Crippen molar-refractivity contribution in [2.45, 2.75) is 26.3 Å². The molecule has 1 rings (SSSR count). The summed E-state index contributed by atoms with van der Waals surface area (Å²) in [5.74, 6) is 0.476. The molecule has 0 saturated heterocycles. The van der Waals surface area contributed by atoms with E-state index < -0.39 is 0 Å². The van der Waals surface area contributed by atoms with Crippen molar-refractivity contribution in [2.24, 2.45) is 11.7 Å². The normalized spacial score (nSPS) is 13.3. The van der Waals surface area contributed by atoms with Crippen LogP contribution in [-0.4, -0.2) is 6.04 Å². The minimum absolute atomic E-state index is 0.173. The van der Waals surface area contributed by atoms with Crippen molar-refractivity contribution < 1.29 is 0 Å². The molecule has 0 spiro atoms. The van der Waals surface area contributed by atoms with Crippen molar-refractivity contribution >= 4 is 23.2 Å². The highest BCUT2D eigenvalue weighted by molar-refractivity contribution is 6.42. The lowest BCUT2D eigenvalue weighted by molar-refractivity contribution is 0.490. The maximum Gasteiger partial charge on any atom is 0.0595 e. The van der Waals surface area contributed by atoms with Gasteiger partial charge in [0.25, 0.3) is 0 Å². The molecule has 0 heterocycles. The summed E-state index contributed by atoms with van der Waals surface area (Å²) < 4.78 is 0. The van der Waals surface area contributed by atoms with E-state index in [1.807, 2.05) is 18.2 Å². The molecule has 2 N–H and O–H groups in total. The smallest absolute Gasteiger partial charge is 0.0595 e. The van der Waals surface area contributed by atoms with Crippen molar-refractivity contribution in [2.75, 3.05) is 0 Å². The molecule has 0 saturated carbocycles. The van der Waals surface area contributed by atoms with Crippen molar-refractivity contribution in [3.8, 4) is 0 Å². The van der Waals surface area contributed by atoms with Crippen molar-refractivity contribution in [3.05, 3.63) is 33.8 Å². The maximum absolute atomic E-state index is 5.96. The SMILES string of the molecule is CC(C)[C@H](N)Cc1ccc(Cl)c(Cl)c1. The molecule has 0 bridgehead atoms. The van der Waals surface area contributed by atoms with Gasteiger partial charge >= 0.3 is 0 Å². The van der Waals surface area contributed by atoms with Crippen molar-refractivity contribution in [1.29, 1.82) is 0 Å². The third kappa shape index (κ3) is 3.16. The molecule has 0 aliphatic rings. The van der Waals surface area contributed by atoms with E-state index in [1.165, 1.54) is 0 Å². The lowest BCUT2D eigenvalue weighted by atomic mass is 9.97. The van der Waals surface area contributed by atoms with Gasteiger partial charge < -0.3 is 5.73 Å². The van der Waals surface area contributed by atoms with Crippen LogP contribution in [-0.2, 0) is 6.42 Å². The number of nitrogens with two attached hydrogens (primary N) is 1. The Hall–Kier alpha value is -0.240. The molecular formula is C11H15Cl2N. The molecule has 3 heteroatoms. The quantitative estimate of drug-likeness (QED) is 0.847. The Kier molecular flexibility index (Phi) is 4.24. The largest absolute Gasteiger partial charge is 0.327 e. The van der Waals surface area contributed by atoms with Gasteiger partial charge in [0.15, 0.2) is 0 Å². The van der Waals surface area contributed by atoms with Crippen LogP contribution in [0.2, 0.25) is 10.0 Å². The Morgan fingerprint density at radius 2 is 1.86 bits per heavy atom. The molecule has 0 radical (unpaired) electrons. The summed E-state index contributed by atoms with van der Waals surface area (Å²) in [4.78, 5) is 0. The molecule has 0 unspecified atom stereocenters. The first-order valence-corrected chi connectivity index (χ1v) is 5.46. The van der Waals surface area contributed by atoms with E-state index in [4.69, 9.17) is 28.9 Å². The van der Waals surface area contributed by atoms with Crippen LogP contribution < -0.4 is 5.73 Å². The Morgan fingerprint density at radius 3 is 2.36 bits per heavy atom. The lowest BCUT2D eigenvalue weighted by Crippen LogP contribution is -2.28. The Morgan fingerprint density at radius 1 is 1.21 bits per heavy atom. The van der Waals surface area contributed by atoms with E-state index in [2.05, 4.69) is 13.8 Å². The van der Waals surface area contributed by atoms with Crippen LogP contribution in [0.25, 0.3) is 0 Å². The number of halogens is 2. The van der Waals surface area contributed by atoms with Gasteiger partial charge in [-0.1, -0.05) is 43.1 Å². The number of benzene rings is 1. The van der Waals surface area contributed by atoms with Gasteiger partial charge in [0.2, 0.25) is 0 Å². The summed E-state index contributed by atoms with van der Waals surface area (Å²) in [7, 11) is 0. The molecule has 0 aliphatic heterocycles. The summed E-state index contributed by atoms with van der Waals surface area (Å²) in [5, 5.41) is 1.19. The molecule has 0 aliphatic carbocycles. The predicted molar refractivity (Wildman–Crippen MR) is 63.0 cm³/mol. The van der Waals surface area contributed by atoms with Gasteiger partial charge in [0.1, 0.15) is 0 Å². The average Bonchev–Trinajstić information content (AvgIpc) is 2.11. The number of hydrogen-bond acceptors (Lipinski definition) is 1. The van der Waals surface area contributed by atoms with Crippen LogP contribution in [0.15, 0.2) is 18.2 Å². The van der Waals surface area contributed by atoms with Crippen molar-refractivity contribution in [3.63, 3.8) is 0 Å². The second-order valence-electron chi connectivity index (χ2n) is 3.86. The Labute approximate surface area is 95.2 Å². The lowest BCUT2D eigenvalue weighted by Gasteiger charge is -2.15. The van der Waals surface area contributed by atoms with Crippen LogP contribution in [0.5, 0.6) is 0 Å². The monoisotopic (exact) mass is 231 g/mol. The molecule has 0 aromatic heterocycles. The molecule has 14 heavy (non-hydrogen) atoms. The van der Waals surface area contributed by atoms with Crippen molar-refractivity contribution in [1.82, 2.24) is 0 Å². The minimum Gasteiger partial charge on any atom is -0.327 e. The fourth-order valence-electron chi connectivity index (χ4n) is 1.17. The van der Waals surface area contributed by atoms with Gasteiger partial charge in [-0.05, 0) is 30.0 Å². The Bertz CT molecular complexity index is 310. The van der Waals surface area contributed by atoms with E-state index >= 15 is 0 Å². The number of rotatable bonds is 3. The molecule has 78 valence electrons. The summed E-state index contributed by atoms with van der Waals surface area (Å²) in [6, 6.07) is 5.83. The van der Waals surface area contributed by atoms with Gasteiger partial charge in [0.05, 0.1) is 10.0 Å². The molecule has 1 aromatic carbocycles. The van der Waals surface area contributed by atoms with E-state index in [9.17, 15) is 0 Å². The summed E-state index contributed by atoms with van der Waals surface area (Å²) in [6.07, 6.45) is 0.842. The Balaban J connectivity index is 2.73. The summed E-state index contributed by atoms with van der Waals surface area (Å²) in [6.45, 7) is 4.23. The van der Waals surface area contributed by atoms with Crippen LogP contribution in [0.4, 0.5) is 0 Å². The first-order valence-electron chi connectivity index (χ1n) is 4.70. The highest BCUT2D eigenvalue weighted by Crippen LogP contribution is 2.23. The molecule has 1 aromatic rings. The molecule has 0 amide bonds. The van der Waals surface area contributed by atoms with Crippen LogP contribution in [0.3, 0.4) is 0 Å². The van der Waals surface area contributed by atoms with Gasteiger partial charge in [-0.3, -0.25) is 0 Å². The molecule has 1 nitrogen and oxygen atoms in total. The average molecular weight is 232 g/mol. The standard InChI is InChI=1S/C11H15Cl2N/c1-7(2)11(14)6-8-3-4-9(12)10(13)5-8/h3-5,7,11H,6,14H2,1-2H3/t11-/m1/s1. The molecular weight excluding hydrogens is 217 g/mol. The first-order chi connectivity index (χ1) is 6.50. The zero-order chi connectivity index (χ0) is 10.7. The van der Waals surface area contributed by atoms with Crippen LogP contribution in [0, 0.1) is 5.92 Å². The van der Waals surface area contributed by atoms with E-state index in [0.29, 0.717) is 16.0 Å². The summed E-state index contributed by atoms with van der Waals surface area (Å²) >= 11 is 11.7. The fourth-order valence-corrected chi connectivity index (χ4v) is 1.50. The minimum atomic E-state index is 0.173. The molecule has 1 atom stereocenters. The van der Waals surface area contributed by atoms with E-state index in [-0.39, 0.29) is 6.04 Å².